The van der Waals surface area contributed by atoms with E-state index in [1.54, 1.807) is 0 Å². The number of hydrazone groups is 1. The molecule has 3 rings (SSSR count). The summed E-state index contributed by atoms with van der Waals surface area (Å²) in [5, 5.41) is 14.7. The van der Waals surface area contributed by atoms with Crippen LogP contribution in [-0.4, -0.2) is 23.8 Å². The van der Waals surface area contributed by atoms with Crippen LogP contribution in [0.5, 0.6) is 5.75 Å². The van der Waals surface area contributed by atoms with Gasteiger partial charge in [-0.2, -0.15) is 5.10 Å². The van der Waals surface area contributed by atoms with Gasteiger partial charge in [-0.25, -0.2) is 5.43 Å². The van der Waals surface area contributed by atoms with E-state index >= 15 is 0 Å². The summed E-state index contributed by atoms with van der Waals surface area (Å²) in [4.78, 5) is 11.2. The normalized spacial score (nSPS) is 10.9. The second-order valence-corrected chi connectivity index (χ2v) is 5.42. The van der Waals surface area contributed by atoms with Gasteiger partial charge in [0.05, 0.1) is 6.21 Å². The van der Waals surface area contributed by atoms with Gasteiger partial charge in [-0.1, -0.05) is 60.7 Å². The highest BCUT2D eigenvalue weighted by atomic mass is 16.5. The Hall–Kier alpha value is -3.18. The lowest BCUT2D eigenvalue weighted by atomic mass is 10.0. The summed E-state index contributed by atoms with van der Waals surface area (Å²) in [6.45, 7) is -0.173. The van der Waals surface area contributed by atoms with E-state index in [1.165, 1.54) is 6.21 Å². The number of aliphatic hydroxyl groups excluding tert-OH is 1. The fourth-order valence-corrected chi connectivity index (χ4v) is 2.47. The highest BCUT2D eigenvalue weighted by Crippen LogP contribution is 2.27. The molecule has 5 nitrogen and oxygen atoms in total. The Morgan fingerprint density at radius 1 is 1.04 bits per heavy atom. The first-order chi connectivity index (χ1) is 12.3. The van der Waals surface area contributed by atoms with Crippen LogP contribution in [-0.2, 0) is 11.4 Å². The number of nitrogens with zero attached hydrogens (tertiary/aromatic N) is 1. The van der Waals surface area contributed by atoms with Gasteiger partial charge >= 0.3 is 0 Å². The van der Waals surface area contributed by atoms with Crippen molar-refractivity contribution in [1.82, 2.24) is 5.43 Å². The lowest BCUT2D eigenvalue weighted by Gasteiger charge is -2.12. The number of nitrogens with one attached hydrogen (secondary N) is 1. The van der Waals surface area contributed by atoms with E-state index in [0.29, 0.717) is 12.4 Å². The van der Waals surface area contributed by atoms with Crippen molar-refractivity contribution >= 4 is 22.9 Å². The lowest BCUT2D eigenvalue weighted by Crippen LogP contribution is -2.20. The molecule has 0 fully saturated rings. The summed E-state index contributed by atoms with van der Waals surface area (Å²) >= 11 is 0. The predicted octanol–water partition coefficient (Wildman–Crippen LogP) is 2.86. The molecule has 3 aromatic rings. The second-order valence-electron chi connectivity index (χ2n) is 5.42. The number of carbonyl (C=O) groups is 1. The van der Waals surface area contributed by atoms with Crippen LogP contribution in [0.1, 0.15) is 11.1 Å². The van der Waals surface area contributed by atoms with Crippen LogP contribution in [0.3, 0.4) is 0 Å². The summed E-state index contributed by atoms with van der Waals surface area (Å²) in [6, 6.07) is 21.6. The van der Waals surface area contributed by atoms with Gasteiger partial charge < -0.3 is 9.84 Å². The summed E-state index contributed by atoms with van der Waals surface area (Å²) in [7, 11) is 0. The summed E-state index contributed by atoms with van der Waals surface area (Å²) < 4.78 is 5.96. The summed E-state index contributed by atoms with van der Waals surface area (Å²) in [5.41, 5.74) is 4.10. The van der Waals surface area contributed by atoms with Crippen molar-refractivity contribution in [3.8, 4) is 5.75 Å². The molecule has 5 heteroatoms. The molecule has 0 aromatic heterocycles. The van der Waals surface area contributed by atoms with Gasteiger partial charge in [0.1, 0.15) is 19.0 Å². The van der Waals surface area contributed by atoms with Crippen LogP contribution in [0.25, 0.3) is 10.8 Å². The third-order valence-electron chi connectivity index (χ3n) is 3.69. The minimum Gasteiger partial charge on any atom is -0.488 e. The van der Waals surface area contributed by atoms with Crippen molar-refractivity contribution in [3.05, 3.63) is 77.9 Å². The summed E-state index contributed by atoms with van der Waals surface area (Å²) in [6.07, 6.45) is 1.54. The molecule has 0 aliphatic rings. The van der Waals surface area contributed by atoms with Gasteiger partial charge in [0.15, 0.2) is 0 Å². The van der Waals surface area contributed by atoms with E-state index in [2.05, 4.69) is 10.5 Å². The zero-order valence-corrected chi connectivity index (χ0v) is 13.6. The van der Waals surface area contributed by atoms with Crippen molar-refractivity contribution in [3.63, 3.8) is 0 Å². The molecule has 0 radical (unpaired) electrons. The minimum absolute atomic E-state index is 0.434. The Balaban J connectivity index is 1.90. The van der Waals surface area contributed by atoms with Crippen molar-refractivity contribution in [2.45, 2.75) is 6.61 Å². The quantitative estimate of drug-likeness (QED) is 0.538. The van der Waals surface area contributed by atoms with Gasteiger partial charge in [-0.05, 0) is 22.4 Å². The smallest absolute Gasteiger partial charge is 0.265 e. The Morgan fingerprint density at radius 2 is 1.80 bits per heavy atom. The van der Waals surface area contributed by atoms with E-state index in [-0.39, 0.29) is 0 Å². The molecule has 0 saturated heterocycles. The molecule has 0 bridgehead atoms. The van der Waals surface area contributed by atoms with Gasteiger partial charge in [-0.15, -0.1) is 0 Å². The molecular weight excluding hydrogens is 316 g/mol. The van der Waals surface area contributed by atoms with E-state index < -0.39 is 12.5 Å². The van der Waals surface area contributed by atoms with E-state index in [0.717, 1.165) is 21.9 Å². The first-order valence-corrected chi connectivity index (χ1v) is 7.89. The highest BCUT2D eigenvalue weighted by molar-refractivity contribution is 6.02. The largest absolute Gasteiger partial charge is 0.488 e. The topological polar surface area (TPSA) is 70.9 Å². The van der Waals surface area contributed by atoms with Crippen molar-refractivity contribution in [1.29, 1.82) is 0 Å². The number of aliphatic hydroxyl groups is 1. The van der Waals surface area contributed by atoms with Crippen LogP contribution in [0.2, 0.25) is 0 Å². The first kappa shape index (κ1) is 16.7. The average molecular weight is 334 g/mol. The van der Waals surface area contributed by atoms with Crippen LogP contribution >= 0.6 is 0 Å². The molecule has 1 amide bonds. The zero-order valence-electron chi connectivity index (χ0n) is 13.6. The van der Waals surface area contributed by atoms with Gasteiger partial charge in [0.2, 0.25) is 0 Å². The number of fused-ring (bicyclic) bond motifs is 1. The maximum absolute atomic E-state index is 11.2. The second kappa shape index (κ2) is 8.08. The Kier molecular flexibility index (Phi) is 5.39. The van der Waals surface area contributed by atoms with E-state index in [1.807, 2.05) is 66.7 Å². The molecule has 0 atom stereocenters. The Bertz CT molecular complexity index is 892. The molecule has 3 aromatic carbocycles. The van der Waals surface area contributed by atoms with Crippen LogP contribution < -0.4 is 10.2 Å². The fourth-order valence-electron chi connectivity index (χ4n) is 2.47. The molecule has 2 N–H and O–H groups in total. The SMILES string of the molecule is O=C(CO)N/N=C\c1c(OCc2ccccc2)ccc2ccccc12. The van der Waals surface area contributed by atoms with Crippen LogP contribution in [0.4, 0.5) is 0 Å². The van der Waals surface area contributed by atoms with Crippen molar-refractivity contribution in [2.75, 3.05) is 6.61 Å². The fraction of sp³-hybridized carbons (Fsp3) is 0.100. The van der Waals surface area contributed by atoms with E-state index in [4.69, 9.17) is 9.84 Å². The van der Waals surface area contributed by atoms with Gasteiger partial charge in [-0.3, -0.25) is 4.79 Å². The molecule has 0 heterocycles. The van der Waals surface area contributed by atoms with E-state index in [9.17, 15) is 4.79 Å². The number of carbonyl (C=O) groups excluding carboxylic acids is 1. The average Bonchev–Trinajstić information content (AvgIpc) is 2.67. The highest BCUT2D eigenvalue weighted by Gasteiger charge is 2.08. The third kappa shape index (κ3) is 4.22. The van der Waals surface area contributed by atoms with Crippen LogP contribution in [0.15, 0.2) is 71.8 Å². The first-order valence-electron chi connectivity index (χ1n) is 7.89. The molecule has 25 heavy (non-hydrogen) atoms. The number of hydrogen-bond acceptors (Lipinski definition) is 4. The van der Waals surface area contributed by atoms with Gasteiger partial charge in [0.25, 0.3) is 5.91 Å². The standard InChI is InChI=1S/C20H18N2O3/c23-13-20(24)22-21-12-18-17-9-5-4-8-16(17)10-11-19(18)25-14-15-6-2-1-3-7-15/h1-12,23H,13-14H2,(H,22,24)/b21-12-. The van der Waals surface area contributed by atoms with Crippen molar-refractivity contribution in [2.24, 2.45) is 5.10 Å². The van der Waals surface area contributed by atoms with Gasteiger partial charge in [0, 0.05) is 5.56 Å². The predicted molar refractivity (Wildman–Crippen MR) is 97.5 cm³/mol. The number of benzene rings is 3. The number of hydrogen-bond donors (Lipinski definition) is 2. The Labute approximate surface area is 145 Å². The molecule has 0 aliphatic carbocycles. The lowest BCUT2D eigenvalue weighted by molar-refractivity contribution is -0.123. The summed E-state index contributed by atoms with van der Waals surface area (Å²) in [5.74, 6) is 0.104. The molecule has 126 valence electrons. The molecule has 0 unspecified atom stereocenters. The molecule has 0 saturated carbocycles. The molecular formula is C20H18N2O3. The Morgan fingerprint density at radius 3 is 2.60 bits per heavy atom. The maximum atomic E-state index is 11.2. The zero-order chi connectivity index (χ0) is 17.5. The third-order valence-corrected chi connectivity index (χ3v) is 3.69. The van der Waals surface area contributed by atoms with Crippen molar-refractivity contribution < 1.29 is 14.6 Å². The minimum atomic E-state index is -0.607. The number of ether oxygens (including phenoxy) is 1. The number of amides is 1. The maximum Gasteiger partial charge on any atom is 0.265 e. The number of rotatable bonds is 6. The molecule has 0 aliphatic heterocycles. The molecule has 0 spiro atoms. The monoisotopic (exact) mass is 334 g/mol. The van der Waals surface area contributed by atoms with Crippen LogP contribution in [0, 0.1) is 0 Å².